The van der Waals surface area contributed by atoms with E-state index in [9.17, 15) is 9.59 Å². The Morgan fingerprint density at radius 2 is 1.81 bits per heavy atom. The van der Waals surface area contributed by atoms with Crippen molar-refractivity contribution in [3.63, 3.8) is 0 Å². The van der Waals surface area contributed by atoms with Crippen LogP contribution in [-0.4, -0.2) is 36.0 Å². The number of carbonyl (C=O) groups excluding carboxylic acids is 2. The molecule has 0 saturated heterocycles. The maximum atomic E-state index is 12.7. The molecule has 2 heterocycles. The number of nitrogens with one attached hydrogen (secondary N) is 1. The van der Waals surface area contributed by atoms with Gasteiger partial charge >= 0.3 is 0 Å². The Labute approximate surface area is 217 Å². The van der Waals surface area contributed by atoms with Crippen molar-refractivity contribution in [1.29, 1.82) is 0 Å². The molecule has 1 aliphatic rings. The summed E-state index contributed by atoms with van der Waals surface area (Å²) in [6.45, 7) is 10.4. The number of Topliss-reactive ketones (excluding diaryl/α,β-unsaturated/α-hetero) is 1. The topological polar surface area (TPSA) is 89.9 Å². The lowest BCUT2D eigenvalue weighted by Gasteiger charge is -2.16. The van der Waals surface area contributed by atoms with Gasteiger partial charge in [0.1, 0.15) is 23.0 Å². The number of hydrogen-bond donors (Lipinski definition) is 1. The quantitative estimate of drug-likeness (QED) is 0.397. The third-order valence-electron chi connectivity index (χ3n) is 6.18. The Balaban J connectivity index is 1.49. The second kappa shape index (κ2) is 10.5. The summed E-state index contributed by atoms with van der Waals surface area (Å²) in [4.78, 5) is 33.4. The van der Waals surface area contributed by atoms with Crippen LogP contribution in [0.1, 0.15) is 45.2 Å². The van der Waals surface area contributed by atoms with Crippen LogP contribution in [0.2, 0.25) is 0 Å². The highest BCUT2D eigenvalue weighted by atomic mass is 16.5. The average molecular weight is 500 g/mol. The zero-order valence-corrected chi connectivity index (χ0v) is 22.3. The van der Waals surface area contributed by atoms with Crippen LogP contribution in [0, 0.1) is 12.3 Å². The lowest BCUT2D eigenvalue weighted by Crippen LogP contribution is -2.16. The van der Waals surface area contributed by atoms with Gasteiger partial charge in [0, 0.05) is 48.5 Å². The third kappa shape index (κ3) is 6.23. The fourth-order valence-corrected chi connectivity index (χ4v) is 4.32. The molecular formula is C30H33N3O4. The molecule has 0 spiro atoms. The normalized spacial score (nSPS) is 13.2. The molecule has 0 unspecified atom stereocenters. The highest BCUT2D eigenvalue weighted by Gasteiger charge is 2.22. The third-order valence-corrected chi connectivity index (χ3v) is 6.18. The number of allylic oxidation sites excluding steroid dienone is 1. The Kier molecular flexibility index (Phi) is 7.43. The number of carbonyl (C=O) groups is 2. The van der Waals surface area contributed by atoms with Gasteiger partial charge < -0.3 is 14.8 Å². The number of aromatic nitrogens is 1. The molecule has 1 aromatic heterocycles. The molecule has 1 aliphatic heterocycles. The predicted octanol–water partition coefficient (Wildman–Crippen LogP) is 6.23. The highest BCUT2D eigenvalue weighted by molar-refractivity contribution is 6.02. The predicted molar refractivity (Wildman–Crippen MR) is 147 cm³/mol. The van der Waals surface area contributed by atoms with Gasteiger partial charge in [-0.25, -0.2) is 0 Å². The Morgan fingerprint density at radius 3 is 2.46 bits per heavy atom. The van der Waals surface area contributed by atoms with Crippen LogP contribution in [-0.2, 0) is 16.0 Å². The first kappa shape index (κ1) is 26.1. The number of nitrogens with zero attached hydrogens (tertiary/aromatic N) is 2. The summed E-state index contributed by atoms with van der Waals surface area (Å²) in [5.41, 5.74) is 5.22. The van der Waals surface area contributed by atoms with E-state index in [0.717, 1.165) is 27.8 Å². The van der Waals surface area contributed by atoms with Crippen molar-refractivity contribution in [3.05, 3.63) is 65.4 Å². The minimum absolute atomic E-state index is 0.00451. The molecule has 3 aromatic rings. The minimum Gasteiger partial charge on any atom is -0.494 e. The van der Waals surface area contributed by atoms with Crippen LogP contribution in [0.3, 0.4) is 0 Å². The molecule has 7 heteroatoms. The van der Waals surface area contributed by atoms with E-state index in [1.54, 1.807) is 31.5 Å². The van der Waals surface area contributed by atoms with Gasteiger partial charge in [0.05, 0.1) is 24.9 Å². The van der Waals surface area contributed by atoms with Gasteiger partial charge in [-0.1, -0.05) is 32.9 Å². The van der Waals surface area contributed by atoms with Gasteiger partial charge in [-0.05, 0) is 47.9 Å². The van der Waals surface area contributed by atoms with E-state index < -0.39 is 0 Å². The minimum atomic E-state index is -0.198. The maximum Gasteiger partial charge on any atom is 0.221 e. The van der Waals surface area contributed by atoms with Crippen molar-refractivity contribution < 1.29 is 19.1 Å². The fraction of sp³-hybridized carbons (Fsp3) is 0.333. The molecule has 4 rings (SSSR count). The van der Waals surface area contributed by atoms with E-state index in [4.69, 9.17) is 9.47 Å². The average Bonchev–Trinajstić information content (AvgIpc) is 3.29. The number of hydrogen-bond acceptors (Lipinski definition) is 6. The molecule has 0 radical (unpaired) electrons. The molecule has 7 nitrogen and oxygen atoms in total. The number of ether oxygens (including phenoxy) is 2. The van der Waals surface area contributed by atoms with E-state index in [-0.39, 0.29) is 17.1 Å². The number of rotatable bonds is 8. The van der Waals surface area contributed by atoms with E-state index in [1.165, 1.54) is 6.92 Å². The zero-order valence-electron chi connectivity index (χ0n) is 22.3. The maximum absolute atomic E-state index is 12.7. The second-order valence-electron chi connectivity index (χ2n) is 10.4. The second-order valence-corrected chi connectivity index (χ2v) is 10.4. The molecule has 0 bridgehead atoms. The van der Waals surface area contributed by atoms with Crippen molar-refractivity contribution >= 4 is 34.0 Å². The summed E-state index contributed by atoms with van der Waals surface area (Å²) in [7, 11) is 1.55. The first-order valence-electron chi connectivity index (χ1n) is 12.3. The standard InChI is InChI=1S/C30H33N3O4/c1-18-11-20(12-22(35)13-21-14-29(32-17-21)30(3,4)5)7-8-26(18)37-27-9-10-31-24-16-28(36-6)25(15-23(24)27)33-19(2)34/h7-11,14-16H,12-13,17H2,1-6H3,(H,33,34). The van der Waals surface area contributed by atoms with Gasteiger partial charge in [-0.3, -0.25) is 19.6 Å². The van der Waals surface area contributed by atoms with Crippen molar-refractivity contribution in [2.24, 2.45) is 10.4 Å². The van der Waals surface area contributed by atoms with Crippen molar-refractivity contribution in [2.75, 3.05) is 19.0 Å². The van der Waals surface area contributed by atoms with Crippen molar-refractivity contribution in [3.8, 4) is 17.2 Å². The Morgan fingerprint density at radius 1 is 1.03 bits per heavy atom. The summed E-state index contributed by atoms with van der Waals surface area (Å²) in [5.74, 6) is 1.78. The number of aliphatic imine (C=N–C) groups is 1. The molecule has 1 N–H and O–H groups in total. The zero-order chi connectivity index (χ0) is 26.7. The van der Waals surface area contributed by atoms with Crippen molar-refractivity contribution in [2.45, 2.75) is 47.5 Å². The number of benzene rings is 2. The molecule has 192 valence electrons. The van der Waals surface area contributed by atoms with Gasteiger partial charge in [-0.15, -0.1) is 0 Å². The Hall–Kier alpha value is -4.00. The number of amides is 1. The number of ketones is 1. The van der Waals surface area contributed by atoms with Gasteiger partial charge in [0.15, 0.2) is 0 Å². The molecule has 0 atom stereocenters. The van der Waals surface area contributed by atoms with E-state index in [0.29, 0.717) is 47.8 Å². The summed E-state index contributed by atoms with van der Waals surface area (Å²) in [5, 5.41) is 3.53. The summed E-state index contributed by atoms with van der Waals surface area (Å²) in [6.07, 6.45) is 4.53. The van der Waals surface area contributed by atoms with Crippen LogP contribution in [0.5, 0.6) is 17.2 Å². The van der Waals surface area contributed by atoms with Crippen LogP contribution in [0.15, 0.2) is 59.2 Å². The summed E-state index contributed by atoms with van der Waals surface area (Å²) >= 11 is 0. The smallest absolute Gasteiger partial charge is 0.221 e. The fourth-order valence-electron chi connectivity index (χ4n) is 4.32. The SMILES string of the molecule is COc1cc2nccc(Oc3ccc(CC(=O)CC4=CC(C(C)(C)C)=NC4)cc3C)c2cc1NC(C)=O. The van der Waals surface area contributed by atoms with Crippen molar-refractivity contribution in [1.82, 2.24) is 4.98 Å². The molecule has 1 amide bonds. The molecule has 0 saturated carbocycles. The largest absolute Gasteiger partial charge is 0.494 e. The number of pyridine rings is 1. The first-order chi connectivity index (χ1) is 17.5. The molecule has 0 fully saturated rings. The van der Waals surface area contributed by atoms with E-state index in [2.05, 4.69) is 42.1 Å². The van der Waals surface area contributed by atoms with Gasteiger partial charge in [0.25, 0.3) is 0 Å². The molecular weight excluding hydrogens is 466 g/mol. The lowest BCUT2D eigenvalue weighted by molar-refractivity contribution is -0.118. The van der Waals surface area contributed by atoms with Crippen LogP contribution >= 0.6 is 0 Å². The van der Waals surface area contributed by atoms with Crippen LogP contribution < -0.4 is 14.8 Å². The van der Waals surface area contributed by atoms with E-state index >= 15 is 0 Å². The highest BCUT2D eigenvalue weighted by Crippen LogP contribution is 2.36. The number of anilines is 1. The number of fused-ring (bicyclic) bond motifs is 1. The lowest BCUT2D eigenvalue weighted by atomic mass is 9.89. The van der Waals surface area contributed by atoms with Crippen LogP contribution in [0.4, 0.5) is 5.69 Å². The number of methoxy groups -OCH3 is 1. The van der Waals surface area contributed by atoms with Crippen LogP contribution in [0.25, 0.3) is 10.9 Å². The summed E-state index contributed by atoms with van der Waals surface area (Å²) < 4.78 is 11.7. The van der Waals surface area contributed by atoms with E-state index in [1.807, 2.05) is 25.1 Å². The van der Waals surface area contributed by atoms with Gasteiger partial charge in [0.2, 0.25) is 5.91 Å². The number of aryl methyl sites for hydroxylation is 1. The first-order valence-corrected chi connectivity index (χ1v) is 12.3. The monoisotopic (exact) mass is 499 g/mol. The summed E-state index contributed by atoms with van der Waals surface area (Å²) in [6, 6.07) is 11.2. The van der Waals surface area contributed by atoms with Gasteiger partial charge in [-0.2, -0.15) is 0 Å². The molecule has 0 aliphatic carbocycles. The molecule has 2 aromatic carbocycles. The Bertz CT molecular complexity index is 1430. The molecule has 37 heavy (non-hydrogen) atoms.